The predicted octanol–water partition coefficient (Wildman–Crippen LogP) is 0.577. The molecule has 0 aliphatic carbocycles. The van der Waals surface area contributed by atoms with Crippen LogP contribution in [0.4, 0.5) is 0 Å². The fourth-order valence-electron chi connectivity index (χ4n) is 0.663. The molecule has 0 saturated heterocycles. The Hall–Kier alpha value is -0.760. The summed E-state index contributed by atoms with van der Waals surface area (Å²) in [5.74, 6) is 0.0500. The molecule has 0 bridgehead atoms. The number of nitriles is 1. The molecule has 0 heterocycles. The van der Waals surface area contributed by atoms with Gasteiger partial charge in [-0.2, -0.15) is 5.26 Å². The maximum absolute atomic E-state index is 10.8. The van der Waals surface area contributed by atoms with Crippen molar-refractivity contribution in [3.05, 3.63) is 0 Å². The summed E-state index contributed by atoms with van der Waals surface area (Å²) in [5.41, 5.74) is 0. The van der Waals surface area contributed by atoms with Crippen molar-refractivity contribution in [2.75, 3.05) is 5.75 Å². The second-order valence-electron chi connectivity index (χ2n) is 2.24. The summed E-state index contributed by atoms with van der Waals surface area (Å²) in [6, 6.07) is 0. The van der Waals surface area contributed by atoms with Crippen LogP contribution in [-0.2, 0) is 10.0 Å². The summed E-state index contributed by atoms with van der Waals surface area (Å²) in [5, 5.41) is 8.02. The van der Waals surface area contributed by atoms with Crippen molar-refractivity contribution in [1.82, 2.24) is 4.72 Å². The second-order valence-corrected chi connectivity index (χ2v) is 4.08. The van der Waals surface area contributed by atoms with Gasteiger partial charge >= 0.3 is 0 Å². The van der Waals surface area contributed by atoms with E-state index in [2.05, 4.69) is 0 Å². The van der Waals surface area contributed by atoms with E-state index in [4.69, 9.17) is 5.26 Å². The topological polar surface area (TPSA) is 70.0 Å². The highest BCUT2D eigenvalue weighted by molar-refractivity contribution is 7.89. The molecule has 0 fully saturated rings. The number of sulfonamides is 1. The molecule has 0 atom stereocenters. The molecule has 0 aromatic rings. The van der Waals surface area contributed by atoms with E-state index in [1.54, 1.807) is 4.72 Å². The van der Waals surface area contributed by atoms with Crippen molar-refractivity contribution in [3.8, 4) is 6.19 Å². The Morgan fingerprint density at radius 2 is 2.09 bits per heavy atom. The van der Waals surface area contributed by atoms with Crippen LogP contribution in [0.25, 0.3) is 0 Å². The molecule has 0 radical (unpaired) electrons. The van der Waals surface area contributed by atoms with Crippen LogP contribution in [0.2, 0.25) is 0 Å². The van der Waals surface area contributed by atoms with Gasteiger partial charge in [-0.15, -0.1) is 0 Å². The number of unbranched alkanes of at least 4 members (excludes halogenated alkanes) is 2. The summed E-state index contributed by atoms with van der Waals surface area (Å²) in [7, 11) is -3.32. The lowest BCUT2D eigenvalue weighted by Crippen LogP contribution is -2.21. The first kappa shape index (κ1) is 10.2. The highest BCUT2D eigenvalue weighted by Crippen LogP contribution is 1.96. The van der Waals surface area contributed by atoms with Gasteiger partial charge in [0.15, 0.2) is 6.19 Å². The molecule has 0 amide bonds. The lowest BCUT2D eigenvalue weighted by Gasteiger charge is -1.98. The van der Waals surface area contributed by atoms with E-state index in [9.17, 15) is 8.42 Å². The monoisotopic (exact) mass is 176 g/mol. The molecule has 0 aromatic heterocycles. The van der Waals surface area contributed by atoms with Crippen LogP contribution in [0, 0.1) is 11.5 Å². The van der Waals surface area contributed by atoms with Gasteiger partial charge in [-0.3, -0.25) is 0 Å². The van der Waals surface area contributed by atoms with Gasteiger partial charge in [0.05, 0.1) is 5.75 Å². The highest BCUT2D eigenvalue weighted by Gasteiger charge is 2.06. The summed E-state index contributed by atoms with van der Waals surface area (Å²) >= 11 is 0. The quantitative estimate of drug-likeness (QED) is 0.378. The molecule has 0 rings (SSSR count). The molecule has 0 unspecified atom stereocenters. The Balaban J connectivity index is 3.68. The normalized spacial score (nSPS) is 10.5. The SMILES string of the molecule is CCCCCS(=O)(=O)NC#N. The van der Waals surface area contributed by atoms with Crippen LogP contribution >= 0.6 is 0 Å². The summed E-state index contributed by atoms with van der Waals surface area (Å²) < 4.78 is 23.3. The molecule has 0 aliphatic rings. The first-order valence-electron chi connectivity index (χ1n) is 3.51. The standard InChI is InChI=1S/C6H12N2O2S/c1-2-3-4-5-11(9,10)8-6-7/h8H,2-5H2,1H3. The zero-order chi connectivity index (χ0) is 8.74. The Labute approximate surface area is 67.3 Å². The maximum Gasteiger partial charge on any atom is 0.240 e. The minimum absolute atomic E-state index is 0.0500. The van der Waals surface area contributed by atoms with E-state index in [0.717, 1.165) is 12.8 Å². The molecule has 0 spiro atoms. The highest BCUT2D eigenvalue weighted by atomic mass is 32.2. The van der Waals surface area contributed by atoms with Gasteiger partial charge in [0, 0.05) is 0 Å². The van der Waals surface area contributed by atoms with Gasteiger partial charge < -0.3 is 0 Å². The zero-order valence-corrected chi connectivity index (χ0v) is 7.32. The Morgan fingerprint density at radius 1 is 1.45 bits per heavy atom. The minimum Gasteiger partial charge on any atom is -0.219 e. The third kappa shape index (κ3) is 5.67. The van der Waals surface area contributed by atoms with Gasteiger partial charge in [-0.1, -0.05) is 19.8 Å². The van der Waals surface area contributed by atoms with Crippen molar-refractivity contribution >= 4 is 10.0 Å². The lowest BCUT2D eigenvalue weighted by molar-refractivity contribution is 0.586. The minimum atomic E-state index is -3.32. The predicted molar refractivity (Wildman–Crippen MR) is 42.1 cm³/mol. The molecule has 0 aromatic carbocycles. The van der Waals surface area contributed by atoms with Crippen LogP contribution < -0.4 is 4.72 Å². The Bertz CT molecular complexity index is 227. The van der Waals surface area contributed by atoms with Crippen molar-refractivity contribution in [2.24, 2.45) is 0 Å². The van der Waals surface area contributed by atoms with Crippen molar-refractivity contribution < 1.29 is 8.42 Å². The fourth-order valence-corrected chi connectivity index (χ4v) is 1.49. The molecule has 0 aliphatic heterocycles. The largest absolute Gasteiger partial charge is 0.240 e. The third-order valence-corrected chi connectivity index (χ3v) is 2.45. The van der Waals surface area contributed by atoms with Crippen molar-refractivity contribution in [2.45, 2.75) is 26.2 Å². The summed E-state index contributed by atoms with van der Waals surface area (Å²) in [4.78, 5) is 0. The second kappa shape index (κ2) is 4.97. The van der Waals surface area contributed by atoms with Gasteiger partial charge in [-0.25, -0.2) is 13.1 Å². The number of hydrogen-bond acceptors (Lipinski definition) is 3. The van der Waals surface area contributed by atoms with E-state index in [-0.39, 0.29) is 5.75 Å². The molecular formula is C6H12N2O2S. The number of nitrogens with zero attached hydrogens (tertiary/aromatic N) is 1. The molecule has 0 saturated carbocycles. The third-order valence-electron chi connectivity index (χ3n) is 1.22. The smallest absolute Gasteiger partial charge is 0.219 e. The van der Waals surface area contributed by atoms with E-state index in [1.165, 1.54) is 6.19 Å². The number of hydrogen-bond donors (Lipinski definition) is 1. The molecule has 11 heavy (non-hydrogen) atoms. The van der Waals surface area contributed by atoms with Crippen molar-refractivity contribution in [3.63, 3.8) is 0 Å². The molecule has 64 valence electrons. The molecular weight excluding hydrogens is 164 g/mol. The average Bonchev–Trinajstić information content (AvgIpc) is 1.87. The lowest BCUT2D eigenvalue weighted by atomic mass is 10.3. The summed E-state index contributed by atoms with van der Waals surface area (Å²) in [6.07, 6.45) is 3.87. The van der Waals surface area contributed by atoms with Crippen molar-refractivity contribution in [1.29, 1.82) is 5.26 Å². The van der Waals surface area contributed by atoms with Gasteiger partial charge in [-0.05, 0) is 6.42 Å². The van der Waals surface area contributed by atoms with Gasteiger partial charge in [0.1, 0.15) is 0 Å². The average molecular weight is 176 g/mol. The first-order chi connectivity index (χ1) is 5.12. The van der Waals surface area contributed by atoms with Gasteiger partial charge in [0.25, 0.3) is 0 Å². The van der Waals surface area contributed by atoms with Gasteiger partial charge in [0.2, 0.25) is 10.0 Å². The Morgan fingerprint density at radius 3 is 2.55 bits per heavy atom. The first-order valence-corrected chi connectivity index (χ1v) is 5.16. The molecule has 1 N–H and O–H groups in total. The molecule has 5 heteroatoms. The van der Waals surface area contributed by atoms with E-state index < -0.39 is 10.0 Å². The zero-order valence-electron chi connectivity index (χ0n) is 6.50. The molecule has 4 nitrogen and oxygen atoms in total. The number of nitrogens with one attached hydrogen (secondary N) is 1. The van der Waals surface area contributed by atoms with E-state index >= 15 is 0 Å². The summed E-state index contributed by atoms with van der Waals surface area (Å²) in [6.45, 7) is 1.99. The van der Waals surface area contributed by atoms with Crippen LogP contribution in [0.1, 0.15) is 26.2 Å². The van der Waals surface area contributed by atoms with E-state index in [1.807, 2.05) is 6.92 Å². The fraction of sp³-hybridized carbons (Fsp3) is 0.833. The van der Waals surface area contributed by atoms with E-state index in [0.29, 0.717) is 6.42 Å². The number of rotatable bonds is 5. The Kier molecular flexibility index (Phi) is 4.62. The van der Waals surface area contributed by atoms with Crippen LogP contribution in [0.15, 0.2) is 0 Å². The maximum atomic E-state index is 10.8. The van der Waals surface area contributed by atoms with Crippen LogP contribution in [-0.4, -0.2) is 14.2 Å². The van der Waals surface area contributed by atoms with Crippen LogP contribution in [0.5, 0.6) is 0 Å². The van der Waals surface area contributed by atoms with Crippen LogP contribution in [0.3, 0.4) is 0 Å².